The van der Waals surface area contributed by atoms with E-state index in [0.717, 1.165) is 39.0 Å². The van der Waals surface area contributed by atoms with E-state index in [0.29, 0.717) is 0 Å². The smallest absolute Gasteiger partial charge is 0.0956 e. The third kappa shape index (κ3) is 6.37. The van der Waals surface area contributed by atoms with Crippen molar-refractivity contribution in [3.05, 3.63) is 35.9 Å². The van der Waals surface area contributed by atoms with Gasteiger partial charge < -0.3 is 10.2 Å². The molecule has 3 nitrogen and oxygen atoms in total. The minimum atomic E-state index is -0.0456. The van der Waals surface area contributed by atoms with Gasteiger partial charge in [-0.2, -0.15) is 5.26 Å². The maximum absolute atomic E-state index is 9.16. The highest BCUT2D eigenvalue weighted by atomic mass is 15.1. The molecule has 0 fully saturated rings. The Morgan fingerprint density at radius 3 is 2.47 bits per heavy atom. The number of nitrogens with one attached hydrogen (secondary N) is 1. The van der Waals surface area contributed by atoms with Crippen molar-refractivity contribution in [1.29, 1.82) is 5.26 Å². The molecule has 1 atom stereocenters. The molecule has 1 aromatic carbocycles. The zero-order valence-corrected chi connectivity index (χ0v) is 12.1. The molecule has 1 aromatic rings. The van der Waals surface area contributed by atoms with Crippen molar-refractivity contribution in [2.75, 3.05) is 26.2 Å². The second kappa shape index (κ2) is 9.55. The summed E-state index contributed by atoms with van der Waals surface area (Å²) in [5.41, 5.74) is 1.30. The lowest BCUT2D eigenvalue weighted by atomic mass is 10.1. The van der Waals surface area contributed by atoms with Crippen LogP contribution in [-0.4, -0.2) is 37.1 Å². The van der Waals surface area contributed by atoms with E-state index in [4.69, 9.17) is 5.26 Å². The lowest BCUT2D eigenvalue weighted by Crippen LogP contribution is -2.36. The van der Waals surface area contributed by atoms with Crippen molar-refractivity contribution in [2.24, 2.45) is 0 Å². The minimum Gasteiger partial charge on any atom is -0.303 e. The molecule has 0 aromatic heterocycles. The van der Waals surface area contributed by atoms with E-state index in [1.54, 1.807) is 0 Å². The van der Waals surface area contributed by atoms with Gasteiger partial charge in [0.05, 0.1) is 12.1 Å². The van der Waals surface area contributed by atoms with Crippen molar-refractivity contribution in [3.63, 3.8) is 0 Å². The normalized spacial score (nSPS) is 12.3. The molecular formula is C16H25N3. The van der Waals surface area contributed by atoms with Crippen LogP contribution in [0, 0.1) is 11.3 Å². The monoisotopic (exact) mass is 259 g/mol. The van der Waals surface area contributed by atoms with E-state index >= 15 is 0 Å². The highest BCUT2D eigenvalue weighted by Crippen LogP contribution is 2.04. The van der Waals surface area contributed by atoms with Crippen LogP contribution in [0.15, 0.2) is 30.3 Å². The van der Waals surface area contributed by atoms with Crippen LogP contribution in [0.5, 0.6) is 0 Å². The summed E-state index contributed by atoms with van der Waals surface area (Å²) >= 11 is 0. The first-order valence-corrected chi connectivity index (χ1v) is 7.19. The van der Waals surface area contributed by atoms with E-state index in [1.165, 1.54) is 5.56 Å². The van der Waals surface area contributed by atoms with Crippen LogP contribution < -0.4 is 5.32 Å². The molecule has 104 valence electrons. The van der Waals surface area contributed by atoms with Gasteiger partial charge >= 0.3 is 0 Å². The van der Waals surface area contributed by atoms with Crippen LogP contribution in [0.4, 0.5) is 0 Å². The predicted molar refractivity (Wildman–Crippen MR) is 80.0 cm³/mol. The highest BCUT2D eigenvalue weighted by molar-refractivity contribution is 5.15. The maximum Gasteiger partial charge on any atom is 0.0956 e. The number of likely N-dealkylation sites (N-methyl/N-ethyl adjacent to an activating group) is 1. The van der Waals surface area contributed by atoms with E-state index in [2.05, 4.69) is 42.3 Å². The van der Waals surface area contributed by atoms with Gasteiger partial charge in [-0.25, -0.2) is 0 Å². The lowest BCUT2D eigenvalue weighted by Gasteiger charge is -2.19. The summed E-state index contributed by atoms with van der Waals surface area (Å²) in [6.07, 6.45) is 1.83. The van der Waals surface area contributed by atoms with Crippen molar-refractivity contribution in [2.45, 2.75) is 32.7 Å². The Morgan fingerprint density at radius 2 is 1.89 bits per heavy atom. The van der Waals surface area contributed by atoms with Crippen LogP contribution >= 0.6 is 0 Å². The average Bonchev–Trinajstić information content (AvgIpc) is 2.48. The summed E-state index contributed by atoms with van der Waals surface area (Å²) in [4.78, 5) is 2.36. The third-order valence-corrected chi connectivity index (χ3v) is 3.43. The first-order valence-electron chi connectivity index (χ1n) is 7.19. The zero-order chi connectivity index (χ0) is 13.9. The molecule has 0 amide bonds. The van der Waals surface area contributed by atoms with Gasteiger partial charge in [0.2, 0.25) is 0 Å². The maximum atomic E-state index is 9.16. The summed E-state index contributed by atoms with van der Waals surface area (Å²) in [6, 6.07) is 12.7. The molecule has 19 heavy (non-hydrogen) atoms. The Morgan fingerprint density at radius 1 is 1.21 bits per heavy atom. The summed E-state index contributed by atoms with van der Waals surface area (Å²) in [6.45, 7) is 8.37. The zero-order valence-electron chi connectivity index (χ0n) is 12.1. The van der Waals surface area contributed by atoms with Gasteiger partial charge in [0.1, 0.15) is 0 Å². The fourth-order valence-corrected chi connectivity index (χ4v) is 2.10. The van der Waals surface area contributed by atoms with Crippen LogP contribution in [0.25, 0.3) is 0 Å². The van der Waals surface area contributed by atoms with Crippen LogP contribution in [0.3, 0.4) is 0 Å². The third-order valence-electron chi connectivity index (χ3n) is 3.43. The van der Waals surface area contributed by atoms with E-state index < -0.39 is 0 Å². The number of hydrogen-bond donors (Lipinski definition) is 1. The van der Waals surface area contributed by atoms with E-state index in [9.17, 15) is 0 Å². The van der Waals surface area contributed by atoms with Gasteiger partial charge in [-0.1, -0.05) is 44.2 Å². The summed E-state index contributed by atoms with van der Waals surface area (Å²) in [7, 11) is 0. The molecular weight excluding hydrogens is 234 g/mol. The molecule has 0 saturated heterocycles. The Hall–Kier alpha value is -1.37. The van der Waals surface area contributed by atoms with Crippen molar-refractivity contribution < 1.29 is 0 Å². The number of nitrogens with zero attached hydrogens (tertiary/aromatic N) is 2. The van der Waals surface area contributed by atoms with Gasteiger partial charge in [-0.3, -0.25) is 0 Å². The molecule has 0 saturated carbocycles. The second-order valence-corrected chi connectivity index (χ2v) is 4.69. The summed E-state index contributed by atoms with van der Waals surface area (Å²) in [5, 5.41) is 12.5. The topological polar surface area (TPSA) is 39.1 Å². The Balaban J connectivity index is 2.25. The first-order chi connectivity index (χ1) is 9.30. The minimum absolute atomic E-state index is 0.0456. The van der Waals surface area contributed by atoms with Gasteiger partial charge in [0, 0.05) is 13.1 Å². The van der Waals surface area contributed by atoms with Gasteiger partial charge in [-0.05, 0) is 31.5 Å². The molecule has 1 unspecified atom stereocenters. The van der Waals surface area contributed by atoms with Crippen molar-refractivity contribution in [3.8, 4) is 6.07 Å². The fourth-order valence-electron chi connectivity index (χ4n) is 2.10. The largest absolute Gasteiger partial charge is 0.303 e. The molecule has 0 bridgehead atoms. The molecule has 0 aliphatic carbocycles. The van der Waals surface area contributed by atoms with Crippen molar-refractivity contribution in [1.82, 2.24) is 10.2 Å². The second-order valence-electron chi connectivity index (χ2n) is 4.69. The van der Waals surface area contributed by atoms with Crippen LogP contribution in [-0.2, 0) is 6.42 Å². The molecule has 0 spiro atoms. The number of aryl methyl sites for hydroxylation is 1. The van der Waals surface area contributed by atoms with E-state index in [1.807, 2.05) is 18.2 Å². The molecule has 0 heterocycles. The van der Waals surface area contributed by atoms with Gasteiger partial charge in [0.15, 0.2) is 0 Å². The van der Waals surface area contributed by atoms with Crippen LogP contribution in [0.1, 0.15) is 25.8 Å². The van der Waals surface area contributed by atoms with Crippen LogP contribution in [0.2, 0.25) is 0 Å². The molecule has 1 rings (SSSR count). The van der Waals surface area contributed by atoms with Gasteiger partial charge in [-0.15, -0.1) is 0 Å². The number of rotatable bonds is 9. The summed E-state index contributed by atoms with van der Waals surface area (Å²) < 4.78 is 0. The van der Waals surface area contributed by atoms with Gasteiger partial charge in [0.25, 0.3) is 0 Å². The molecule has 0 aliphatic heterocycles. The number of hydrogen-bond acceptors (Lipinski definition) is 3. The molecule has 1 N–H and O–H groups in total. The summed E-state index contributed by atoms with van der Waals surface area (Å²) in [5.74, 6) is 0. The number of nitriles is 1. The highest BCUT2D eigenvalue weighted by Gasteiger charge is 2.07. The van der Waals surface area contributed by atoms with Crippen molar-refractivity contribution >= 4 is 0 Å². The number of benzene rings is 1. The molecule has 3 heteroatoms. The molecule has 0 aliphatic rings. The Bertz CT molecular complexity index is 365. The van der Waals surface area contributed by atoms with E-state index in [-0.39, 0.29) is 6.04 Å². The molecule has 0 radical (unpaired) electrons. The fraction of sp³-hybridized carbons (Fsp3) is 0.562. The quantitative estimate of drug-likeness (QED) is 0.740. The predicted octanol–water partition coefficient (Wildman–Crippen LogP) is 2.44. The Labute approximate surface area is 117 Å². The average molecular weight is 259 g/mol. The Kier molecular flexibility index (Phi) is 7.88. The SMILES string of the molecule is CCN(CC)CCNC(C#N)CCc1ccccc1. The first kappa shape index (κ1) is 15.7. The lowest BCUT2D eigenvalue weighted by molar-refractivity contribution is 0.299. The standard InChI is InChI=1S/C16H25N3/c1-3-19(4-2)13-12-18-16(14-17)11-10-15-8-6-5-7-9-15/h5-9,16,18H,3-4,10-13H2,1-2H3.